The van der Waals surface area contributed by atoms with Crippen molar-refractivity contribution in [2.75, 3.05) is 27.2 Å². The van der Waals surface area contributed by atoms with E-state index in [-0.39, 0.29) is 5.54 Å². The summed E-state index contributed by atoms with van der Waals surface area (Å²) in [5.74, 6) is 0. The van der Waals surface area contributed by atoms with Crippen LogP contribution in [0.25, 0.3) is 0 Å². The number of unbranched alkanes of at least 4 members (excludes halogenated alkanes) is 1. The highest BCUT2D eigenvalue weighted by atomic mass is 28.3. The molecule has 4 N–H and O–H groups in total. The monoisotopic (exact) mass is 232 g/mol. The van der Waals surface area contributed by atoms with Gasteiger partial charge in [0.05, 0.1) is 0 Å². The molecule has 0 radical (unpaired) electrons. The van der Waals surface area contributed by atoms with E-state index in [1.807, 2.05) is 14.1 Å². The fraction of sp³-hybridized carbons (Fsp3) is 1.00. The van der Waals surface area contributed by atoms with Gasteiger partial charge in [0.2, 0.25) is 0 Å². The highest BCUT2D eigenvalue weighted by Gasteiger charge is 2.07. The average molecular weight is 232 g/mol. The molecule has 5 heteroatoms. The van der Waals surface area contributed by atoms with E-state index < -0.39 is 9.28 Å². The van der Waals surface area contributed by atoms with Crippen LogP contribution in [-0.4, -0.2) is 42.0 Å². The molecule has 0 aromatic carbocycles. The smallest absolute Gasteiger partial charge is 0.264 e. The molecule has 0 unspecified atom stereocenters. The maximum Gasteiger partial charge on any atom is 0.264 e. The van der Waals surface area contributed by atoms with Gasteiger partial charge in [-0.25, -0.2) is 0 Å². The van der Waals surface area contributed by atoms with Crippen LogP contribution in [0, 0.1) is 0 Å². The topological polar surface area (TPSA) is 48.1 Å². The fourth-order valence-electron chi connectivity index (χ4n) is 1.31. The van der Waals surface area contributed by atoms with Crippen LogP contribution in [0.4, 0.5) is 0 Å². The van der Waals surface area contributed by atoms with Crippen LogP contribution in [0.1, 0.15) is 33.6 Å². The zero-order valence-electron chi connectivity index (χ0n) is 10.9. The van der Waals surface area contributed by atoms with Crippen molar-refractivity contribution in [3.8, 4) is 0 Å². The van der Waals surface area contributed by atoms with Crippen molar-refractivity contribution in [1.29, 1.82) is 0 Å². The minimum Gasteiger partial charge on any atom is -0.319 e. The van der Waals surface area contributed by atoms with E-state index in [2.05, 4.69) is 41.0 Å². The van der Waals surface area contributed by atoms with Crippen LogP contribution < -0.4 is 20.3 Å². The number of hydrogen-bond acceptors (Lipinski definition) is 4. The fourth-order valence-corrected chi connectivity index (χ4v) is 2.50. The van der Waals surface area contributed by atoms with Crippen LogP contribution in [0.15, 0.2) is 0 Å². The van der Waals surface area contributed by atoms with E-state index in [9.17, 15) is 0 Å². The highest BCUT2D eigenvalue weighted by molar-refractivity contribution is 6.50. The minimum absolute atomic E-state index is 0.251. The summed E-state index contributed by atoms with van der Waals surface area (Å²) in [6.45, 7) is 8.82. The van der Waals surface area contributed by atoms with Crippen molar-refractivity contribution in [1.82, 2.24) is 20.3 Å². The molecule has 4 nitrogen and oxygen atoms in total. The standard InChI is InChI=1S/C10H28N4Si/c1-10(2,3)13-8-6-7-9-14-15(11-4)12-5/h11-15H,6-9H2,1-5H3. The van der Waals surface area contributed by atoms with Gasteiger partial charge >= 0.3 is 0 Å². The molecular formula is C10H28N4Si. The first-order valence-electron chi connectivity index (χ1n) is 5.82. The molecule has 0 spiro atoms. The SMILES string of the molecule is CN[SiH](NC)NCCCCNC(C)(C)C. The van der Waals surface area contributed by atoms with Crippen molar-refractivity contribution in [3.63, 3.8) is 0 Å². The van der Waals surface area contributed by atoms with Gasteiger partial charge in [-0.05, 0) is 60.8 Å². The van der Waals surface area contributed by atoms with Gasteiger partial charge < -0.3 is 20.3 Å². The normalized spacial score (nSPS) is 12.4. The van der Waals surface area contributed by atoms with Crippen LogP contribution in [0.3, 0.4) is 0 Å². The molecule has 92 valence electrons. The van der Waals surface area contributed by atoms with Crippen LogP contribution in [0.5, 0.6) is 0 Å². The molecule has 0 aromatic heterocycles. The van der Waals surface area contributed by atoms with Gasteiger partial charge in [0.25, 0.3) is 9.28 Å². The molecule has 0 saturated carbocycles. The minimum atomic E-state index is -1.05. The summed E-state index contributed by atoms with van der Waals surface area (Å²) in [7, 11) is 2.96. The molecule has 15 heavy (non-hydrogen) atoms. The lowest BCUT2D eigenvalue weighted by atomic mass is 10.1. The Morgan fingerprint density at radius 3 is 1.93 bits per heavy atom. The average Bonchev–Trinajstić information content (AvgIpc) is 2.15. The third-order valence-electron chi connectivity index (χ3n) is 2.18. The van der Waals surface area contributed by atoms with Crippen molar-refractivity contribution in [3.05, 3.63) is 0 Å². The summed E-state index contributed by atoms with van der Waals surface area (Å²) in [5, 5.41) is 3.49. The first-order chi connectivity index (χ1) is 6.99. The Balaban J connectivity index is 3.25. The molecule has 0 aliphatic rings. The van der Waals surface area contributed by atoms with E-state index >= 15 is 0 Å². The quantitative estimate of drug-likeness (QED) is 0.349. The van der Waals surface area contributed by atoms with Crippen LogP contribution in [0.2, 0.25) is 0 Å². The lowest BCUT2D eigenvalue weighted by molar-refractivity contribution is 0.418. The van der Waals surface area contributed by atoms with Crippen molar-refractivity contribution in [2.24, 2.45) is 0 Å². The van der Waals surface area contributed by atoms with E-state index in [4.69, 9.17) is 0 Å². The van der Waals surface area contributed by atoms with Gasteiger partial charge in [0.1, 0.15) is 0 Å². The van der Waals surface area contributed by atoms with E-state index in [0.29, 0.717) is 0 Å². The summed E-state index contributed by atoms with van der Waals surface area (Å²) < 4.78 is 0. The highest BCUT2D eigenvalue weighted by Crippen LogP contribution is 1.98. The third-order valence-corrected chi connectivity index (χ3v) is 4.04. The molecule has 0 aliphatic carbocycles. The molecule has 0 fully saturated rings. The Bertz CT molecular complexity index is 143. The molecule has 0 amide bonds. The van der Waals surface area contributed by atoms with E-state index in [1.54, 1.807) is 0 Å². The molecule has 0 aromatic rings. The van der Waals surface area contributed by atoms with Crippen LogP contribution >= 0.6 is 0 Å². The van der Waals surface area contributed by atoms with Gasteiger partial charge in [-0.3, -0.25) is 0 Å². The Hall–Kier alpha value is 0.0569. The summed E-state index contributed by atoms with van der Waals surface area (Å²) >= 11 is 0. The zero-order chi connectivity index (χ0) is 11.7. The number of hydrogen-bond donors (Lipinski definition) is 4. The lowest BCUT2D eigenvalue weighted by Crippen LogP contribution is -2.55. The second kappa shape index (κ2) is 8.24. The van der Waals surface area contributed by atoms with Crippen molar-refractivity contribution >= 4 is 9.28 Å². The van der Waals surface area contributed by atoms with Gasteiger partial charge in [0.15, 0.2) is 0 Å². The summed E-state index contributed by atoms with van der Waals surface area (Å²) in [6, 6.07) is 0. The Labute approximate surface area is 96.4 Å². The first kappa shape index (κ1) is 15.1. The molecule has 0 atom stereocenters. The first-order valence-corrected chi connectivity index (χ1v) is 7.56. The zero-order valence-corrected chi connectivity index (χ0v) is 12.1. The second-order valence-corrected chi connectivity index (χ2v) is 7.28. The Morgan fingerprint density at radius 1 is 0.933 bits per heavy atom. The predicted octanol–water partition coefficient (Wildman–Crippen LogP) is -0.0997. The van der Waals surface area contributed by atoms with Crippen molar-refractivity contribution < 1.29 is 0 Å². The molecule has 0 bridgehead atoms. The second-order valence-electron chi connectivity index (χ2n) is 4.85. The van der Waals surface area contributed by atoms with Gasteiger partial charge in [-0.15, -0.1) is 0 Å². The molecular weight excluding hydrogens is 204 g/mol. The molecule has 0 rings (SSSR count). The Morgan fingerprint density at radius 2 is 1.47 bits per heavy atom. The van der Waals surface area contributed by atoms with Gasteiger partial charge in [-0.2, -0.15) is 0 Å². The van der Waals surface area contributed by atoms with Crippen molar-refractivity contribution in [2.45, 2.75) is 39.2 Å². The summed E-state index contributed by atoms with van der Waals surface area (Å²) in [5.41, 5.74) is 0.251. The number of rotatable bonds is 8. The van der Waals surface area contributed by atoms with E-state index in [0.717, 1.165) is 13.1 Å². The molecule has 0 aliphatic heterocycles. The lowest BCUT2D eigenvalue weighted by Gasteiger charge is -2.20. The maximum atomic E-state index is 3.51. The largest absolute Gasteiger partial charge is 0.319 e. The van der Waals surface area contributed by atoms with Crippen LogP contribution in [-0.2, 0) is 0 Å². The maximum absolute atomic E-state index is 3.51. The van der Waals surface area contributed by atoms with Gasteiger partial charge in [0, 0.05) is 5.54 Å². The molecule has 0 heterocycles. The van der Waals surface area contributed by atoms with E-state index in [1.165, 1.54) is 12.8 Å². The number of nitrogens with one attached hydrogen (secondary N) is 4. The predicted molar refractivity (Wildman–Crippen MR) is 70.3 cm³/mol. The molecule has 0 saturated heterocycles. The third kappa shape index (κ3) is 10.3. The summed E-state index contributed by atoms with van der Waals surface area (Å²) in [6.07, 6.45) is 2.47. The summed E-state index contributed by atoms with van der Waals surface area (Å²) in [4.78, 5) is 10.0. The van der Waals surface area contributed by atoms with Gasteiger partial charge in [-0.1, -0.05) is 0 Å². The Kier molecular flexibility index (Phi) is 8.27.